The molecule has 0 radical (unpaired) electrons. The molecule has 24 heavy (non-hydrogen) atoms. The molecule has 0 bridgehead atoms. The summed E-state index contributed by atoms with van der Waals surface area (Å²) in [5.41, 5.74) is -0.537. The molecule has 1 heterocycles. The monoisotopic (exact) mass is 344 g/mol. The molecule has 2 nitrogen and oxygen atoms in total. The molecule has 0 unspecified atom stereocenters. The lowest BCUT2D eigenvalue weighted by Crippen LogP contribution is -2.35. The Hall–Kier alpha value is -1.99. The number of benzene rings is 2. The third-order valence-electron chi connectivity index (χ3n) is 3.81. The molecule has 0 spiro atoms. The number of hydrogen-bond donors (Lipinski definition) is 0. The van der Waals surface area contributed by atoms with Crippen molar-refractivity contribution in [2.75, 3.05) is 13.2 Å². The van der Waals surface area contributed by atoms with Gasteiger partial charge < -0.3 is 9.47 Å². The van der Waals surface area contributed by atoms with Gasteiger partial charge in [-0.3, -0.25) is 0 Å². The van der Waals surface area contributed by atoms with Gasteiger partial charge in [-0.2, -0.15) is 22.0 Å². The first-order chi connectivity index (χ1) is 11.3. The molecule has 0 aromatic heterocycles. The molecular weight excluding hydrogens is 331 g/mol. The van der Waals surface area contributed by atoms with E-state index in [2.05, 4.69) is 0 Å². The average Bonchev–Trinajstić information content (AvgIpc) is 3.06. The Morgan fingerprint density at radius 1 is 0.750 bits per heavy atom. The summed E-state index contributed by atoms with van der Waals surface area (Å²) in [5, 5.41) is 0. The number of halogens is 5. The van der Waals surface area contributed by atoms with Crippen LogP contribution in [-0.4, -0.2) is 19.4 Å². The number of hydrogen-bond acceptors (Lipinski definition) is 2. The van der Waals surface area contributed by atoms with Crippen LogP contribution < -0.4 is 0 Å². The van der Waals surface area contributed by atoms with Crippen LogP contribution in [0, 0.1) is 0 Å². The van der Waals surface area contributed by atoms with Crippen LogP contribution in [-0.2, 0) is 21.2 Å². The van der Waals surface area contributed by atoms with Gasteiger partial charge in [-0.25, -0.2) is 0 Å². The van der Waals surface area contributed by atoms with Gasteiger partial charge in [0.15, 0.2) is 0 Å². The molecule has 0 aliphatic carbocycles. The molecule has 0 saturated carbocycles. The number of alkyl halides is 5. The fraction of sp³-hybridized carbons (Fsp3) is 0.294. The van der Waals surface area contributed by atoms with E-state index < -0.39 is 23.4 Å². The van der Waals surface area contributed by atoms with E-state index in [9.17, 15) is 22.0 Å². The summed E-state index contributed by atoms with van der Waals surface area (Å²) in [6, 6.07) is 12.6. The van der Waals surface area contributed by atoms with Gasteiger partial charge >= 0.3 is 12.1 Å². The maximum Gasteiger partial charge on any atom is 0.458 e. The molecule has 0 amide bonds. The Morgan fingerprint density at radius 3 is 1.92 bits per heavy atom. The summed E-state index contributed by atoms with van der Waals surface area (Å²) in [5.74, 6) is -6.45. The minimum Gasteiger partial charge on any atom is -0.340 e. The second kappa shape index (κ2) is 5.82. The summed E-state index contributed by atoms with van der Waals surface area (Å²) in [6.45, 7) is 0.406. The zero-order valence-electron chi connectivity index (χ0n) is 12.3. The molecule has 1 fully saturated rings. The van der Waals surface area contributed by atoms with Gasteiger partial charge in [0, 0.05) is 16.7 Å². The lowest BCUT2D eigenvalue weighted by Gasteiger charge is -2.29. The van der Waals surface area contributed by atoms with E-state index in [-0.39, 0.29) is 18.8 Å². The van der Waals surface area contributed by atoms with Crippen LogP contribution in [0.2, 0.25) is 0 Å². The van der Waals surface area contributed by atoms with Crippen LogP contribution in [0.5, 0.6) is 0 Å². The van der Waals surface area contributed by atoms with Crippen molar-refractivity contribution >= 4 is 0 Å². The summed E-state index contributed by atoms with van der Waals surface area (Å²) in [7, 11) is 0. The maximum atomic E-state index is 13.7. The van der Waals surface area contributed by atoms with Gasteiger partial charge in [-0.15, -0.1) is 0 Å². The predicted molar refractivity (Wildman–Crippen MR) is 75.5 cm³/mol. The van der Waals surface area contributed by atoms with Crippen molar-refractivity contribution in [3.8, 4) is 0 Å². The molecule has 1 aliphatic heterocycles. The van der Waals surface area contributed by atoms with Crippen molar-refractivity contribution in [3.63, 3.8) is 0 Å². The Labute approximate surface area is 134 Å². The minimum atomic E-state index is -5.68. The van der Waals surface area contributed by atoms with Crippen molar-refractivity contribution in [2.45, 2.75) is 17.9 Å². The fourth-order valence-corrected chi connectivity index (χ4v) is 2.65. The van der Waals surface area contributed by atoms with E-state index in [4.69, 9.17) is 9.47 Å². The Kier molecular flexibility index (Phi) is 4.09. The van der Waals surface area contributed by atoms with E-state index in [1.54, 1.807) is 30.3 Å². The van der Waals surface area contributed by atoms with Crippen LogP contribution >= 0.6 is 0 Å². The Bertz CT molecular complexity index is 706. The van der Waals surface area contributed by atoms with Gasteiger partial charge in [0.25, 0.3) is 0 Å². The van der Waals surface area contributed by atoms with Crippen LogP contribution in [0.25, 0.3) is 0 Å². The third-order valence-corrected chi connectivity index (χ3v) is 3.81. The SMILES string of the molecule is FC(F)(F)C(F)(F)c1cccc(C2(c3ccccc3)OCCO2)c1. The van der Waals surface area contributed by atoms with E-state index >= 15 is 0 Å². The van der Waals surface area contributed by atoms with Crippen molar-refractivity contribution in [2.24, 2.45) is 0 Å². The van der Waals surface area contributed by atoms with E-state index in [1.807, 2.05) is 0 Å². The third kappa shape index (κ3) is 2.67. The normalized spacial score (nSPS) is 17.9. The van der Waals surface area contributed by atoms with E-state index in [1.165, 1.54) is 6.07 Å². The highest BCUT2D eigenvalue weighted by molar-refractivity contribution is 5.38. The molecule has 7 heteroatoms. The first kappa shape index (κ1) is 16.9. The summed E-state index contributed by atoms with van der Waals surface area (Å²) in [4.78, 5) is 0. The van der Waals surface area contributed by atoms with Crippen LogP contribution in [0.15, 0.2) is 54.6 Å². The first-order valence-electron chi connectivity index (χ1n) is 7.16. The largest absolute Gasteiger partial charge is 0.458 e. The maximum absolute atomic E-state index is 13.7. The smallest absolute Gasteiger partial charge is 0.340 e. The number of ether oxygens (including phenoxy) is 2. The van der Waals surface area contributed by atoms with E-state index in [0.29, 0.717) is 5.56 Å². The summed E-state index contributed by atoms with van der Waals surface area (Å²) < 4.78 is 76.4. The Balaban J connectivity index is 2.10. The highest BCUT2D eigenvalue weighted by Gasteiger charge is 2.59. The standard InChI is InChI=1S/C17H13F5O2/c18-16(19,17(20,21)22)14-8-4-7-13(11-14)15(23-9-10-24-15)12-5-2-1-3-6-12/h1-8,11H,9-10H2. The first-order valence-corrected chi connectivity index (χ1v) is 7.16. The molecule has 1 saturated heterocycles. The van der Waals surface area contributed by atoms with Crippen molar-refractivity contribution < 1.29 is 31.4 Å². The van der Waals surface area contributed by atoms with Crippen molar-refractivity contribution in [3.05, 3.63) is 71.3 Å². The van der Waals surface area contributed by atoms with Gasteiger partial charge in [0.05, 0.1) is 13.2 Å². The quantitative estimate of drug-likeness (QED) is 0.759. The summed E-state index contributed by atoms with van der Waals surface area (Å²) in [6.07, 6.45) is -5.68. The second-order valence-corrected chi connectivity index (χ2v) is 5.33. The molecule has 0 N–H and O–H groups in total. The average molecular weight is 344 g/mol. The lowest BCUT2D eigenvalue weighted by atomic mass is 9.94. The lowest BCUT2D eigenvalue weighted by molar-refractivity contribution is -0.289. The van der Waals surface area contributed by atoms with E-state index in [0.717, 1.165) is 18.2 Å². The van der Waals surface area contributed by atoms with Gasteiger partial charge in [0.1, 0.15) is 0 Å². The van der Waals surface area contributed by atoms with Crippen LogP contribution in [0.1, 0.15) is 16.7 Å². The highest BCUT2D eigenvalue weighted by atomic mass is 19.4. The molecule has 2 aromatic carbocycles. The molecular formula is C17H13F5O2. The van der Waals surface area contributed by atoms with Gasteiger partial charge in [0.2, 0.25) is 5.79 Å². The molecule has 1 aliphatic rings. The van der Waals surface area contributed by atoms with Crippen LogP contribution in [0.4, 0.5) is 22.0 Å². The minimum absolute atomic E-state index is 0.0904. The van der Waals surface area contributed by atoms with Crippen molar-refractivity contribution in [1.29, 1.82) is 0 Å². The molecule has 3 rings (SSSR count). The van der Waals surface area contributed by atoms with Crippen LogP contribution in [0.3, 0.4) is 0 Å². The fourth-order valence-electron chi connectivity index (χ4n) is 2.65. The van der Waals surface area contributed by atoms with Crippen molar-refractivity contribution in [1.82, 2.24) is 0 Å². The molecule has 128 valence electrons. The second-order valence-electron chi connectivity index (χ2n) is 5.33. The topological polar surface area (TPSA) is 18.5 Å². The highest BCUT2D eigenvalue weighted by Crippen LogP contribution is 2.46. The summed E-state index contributed by atoms with van der Waals surface area (Å²) >= 11 is 0. The molecule has 0 atom stereocenters. The number of rotatable bonds is 3. The molecule has 2 aromatic rings. The van der Waals surface area contributed by atoms with Gasteiger partial charge in [-0.1, -0.05) is 48.5 Å². The predicted octanol–water partition coefficient (Wildman–Crippen LogP) is 4.59. The van der Waals surface area contributed by atoms with Gasteiger partial charge in [-0.05, 0) is 6.07 Å². The zero-order chi connectivity index (χ0) is 17.4. The Morgan fingerprint density at radius 2 is 1.33 bits per heavy atom. The zero-order valence-corrected chi connectivity index (χ0v) is 12.3.